The number of hydrogen-bond acceptors (Lipinski definition) is 7. The molecule has 0 radical (unpaired) electrons. The average molecular weight is 407 g/mol. The van der Waals surface area contributed by atoms with Crippen molar-refractivity contribution in [3.05, 3.63) is 53.8 Å². The quantitative estimate of drug-likeness (QED) is 0.648. The molecule has 1 saturated heterocycles. The van der Waals surface area contributed by atoms with Crippen LogP contribution in [0.4, 0.5) is 5.82 Å². The van der Waals surface area contributed by atoms with Crippen LogP contribution in [0.25, 0.3) is 11.4 Å². The highest BCUT2D eigenvalue weighted by Gasteiger charge is 2.27. The molecule has 0 amide bonds. The molecule has 0 aliphatic carbocycles. The van der Waals surface area contributed by atoms with Gasteiger partial charge in [-0.05, 0) is 19.9 Å². The molecule has 1 aliphatic heterocycles. The van der Waals surface area contributed by atoms with E-state index >= 15 is 0 Å². The Kier molecular flexibility index (Phi) is 5.56. The van der Waals surface area contributed by atoms with E-state index < -0.39 is 0 Å². The largest absolute Gasteiger partial charge is 0.354 e. The molecule has 0 bridgehead atoms. The van der Waals surface area contributed by atoms with Crippen LogP contribution in [-0.2, 0) is 5.41 Å². The molecule has 30 heavy (non-hydrogen) atoms. The fourth-order valence-electron chi connectivity index (χ4n) is 3.61. The van der Waals surface area contributed by atoms with Crippen LogP contribution in [0.15, 0.2) is 41.1 Å². The summed E-state index contributed by atoms with van der Waals surface area (Å²) in [4.78, 5) is 18.6. The third kappa shape index (κ3) is 4.36. The van der Waals surface area contributed by atoms with Gasteiger partial charge in [0, 0.05) is 43.4 Å². The van der Waals surface area contributed by atoms with Gasteiger partial charge in [0.1, 0.15) is 11.6 Å². The second-order valence-electron chi connectivity index (χ2n) is 9.01. The summed E-state index contributed by atoms with van der Waals surface area (Å²) in [6, 6.07) is 10.3. The third-order valence-electron chi connectivity index (χ3n) is 5.61. The minimum atomic E-state index is -0.0561. The first-order valence-corrected chi connectivity index (χ1v) is 10.5. The summed E-state index contributed by atoms with van der Waals surface area (Å²) in [7, 11) is 0. The highest BCUT2D eigenvalue weighted by Crippen LogP contribution is 2.25. The molecule has 1 atom stereocenters. The summed E-state index contributed by atoms with van der Waals surface area (Å²) in [5.74, 6) is 3.19. The second-order valence-corrected chi connectivity index (χ2v) is 9.01. The Morgan fingerprint density at radius 3 is 2.33 bits per heavy atom. The number of aryl methyl sites for hydroxylation is 1. The molecule has 7 heteroatoms. The molecule has 158 valence electrons. The molecule has 4 rings (SSSR count). The van der Waals surface area contributed by atoms with Crippen LogP contribution in [-0.4, -0.2) is 51.2 Å². The van der Waals surface area contributed by atoms with Crippen molar-refractivity contribution in [2.45, 2.75) is 46.1 Å². The highest BCUT2D eigenvalue weighted by atomic mass is 16.5. The molecule has 1 unspecified atom stereocenters. The Balaban J connectivity index is 1.40. The molecule has 1 fully saturated rings. The second kappa shape index (κ2) is 8.14. The van der Waals surface area contributed by atoms with Crippen LogP contribution >= 0.6 is 0 Å². The zero-order chi connectivity index (χ0) is 21.3. The van der Waals surface area contributed by atoms with Crippen molar-refractivity contribution < 1.29 is 4.52 Å². The van der Waals surface area contributed by atoms with Crippen LogP contribution in [0.2, 0.25) is 0 Å². The molecule has 3 aromatic rings. The zero-order valence-electron chi connectivity index (χ0n) is 18.5. The van der Waals surface area contributed by atoms with E-state index in [1.807, 2.05) is 24.4 Å². The minimum Gasteiger partial charge on any atom is -0.354 e. The fraction of sp³-hybridized carbons (Fsp3) is 0.478. The van der Waals surface area contributed by atoms with Gasteiger partial charge in [0.2, 0.25) is 11.7 Å². The Hall–Kier alpha value is -2.80. The molecule has 0 spiro atoms. The smallest absolute Gasteiger partial charge is 0.244 e. The van der Waals surface area contributed by atoms with Gasteiger partial charge >= 0.3 is 0 Å². The predicted molar refractivity (Wildman–Crippen MR) is 117 cm³/mol. The number of benzene rings is 1. The fourth-order valence-corrected chi connectivity index (χ4v) is 3.61. The normalized spacial score (nSPS) is 16.6. The van der Waals surface area contributed by atoms with E-state index in [0.717, 1.165) is 43.4 Å². The van der Waals surface area contributed by atoms with Crippen LogP contribution in [0.1, 0.15) is 51.0 Å². The van der Waals surface area contributed by atoms with Crippen molar-refractivity contribution >= 4 is 5.82 Å². The number of aromatic nitrogens is 4. The van der Waals surface area contributed by atoms with E-state index in [1.165, 1.54) is 5.56 Å². The van der Waals surface area contributed by atoms with Gasteiger partial charge in [-0.15, -0.1) is 0 Å². The molecule has 7 nitrogen and oxygen atoms in total. The van der Waals surface area contributed by atoms with Crippen LogP contribution in [0, 0.1) is 6.92 Å². The Morgan fingerprint density at radius 1 is 0.967 bits per heavy atom. The monoisotopic (exact) mass is 406 g/mol. The maximum atomic E-state index is 5.59. The van der Waals surface area contributed by atoms with E-state index in [0.29, 0.717) is 11.7 Å². The van der Waals surface area contributed by atoms with Crippen molar-refractivity contribution in [3.8, 4) is 11.4 Å². The van der Waals surface area contributed by atoms with Crippen LogP contribution in [0.3, 0.4) is 0 Å². The molecule has 0 N–H and O–H groups in total. The predicted octanol–water partition coefficient (Wildman–Crippen LogP) is 4.02. The Labute approximate surface area is 178 Å². The maximum absolute atomic E-state index is 5.59. The van der Waals surface area contributed by atoms with Crippen molar-refractivity contribution in [1.82, 2.24) is 25.0 Å². The Morgan fingerprint density at radius 2 is 1.67 bits per heavy atom. The van der Waals surface area contributed by atoms with Crippen molar-refractivity contribution in [2.75, 3.05) is 31.1 Å². The lowest BCUT2D eigenvalue weighted by Crippen LogP contribution is -2.47. The zero-order valence-corrected chi connectivity index (χ0v) is 18.5. The highest BCUT2D eigenvalue weighted by molar-refractivity contribution is 5.54. The van der Waals surface area contributed by atoms with Crippen molar-refractivity contribution in [1.29, 1.82) is 0 Å². The maximum Gasteiger partial charge on any atom is 0.244 e. The van der Waals surface area contributed by atoms with Gasteiger partial charge in [-0.2, -0.15) is 4.98 Å². The summed E-state index contributed by atoms with van der Waals surface area (Å²) >= 11 is 0. The number of hydrogen-bond donors (Lipinski definition) is 0. The standard InChI is InChI=1S/C23H30N6O/c1-16-6-8-18(9-7-16)20-26-21(30-27-20)17(2)28-12-14-29(15-13-28)19-10-11-24-22(25-19)23(3,4)5/h6-11,17H,12-15H2,1-5H3. The summed E-state index contributed by atoms with van der Waals surface area (Å²) < 4.78 is 5.59. The number of piperazine rings is 1. The van der Waals surface area contributed by atoms with Gasteiger partial charge in [0.05, 0.1) is 6.04 Å². The SMILES string of the molecule is Cc1ccc(-c2noc(C(C)N3CCN(c4ccnc(C(C)(C)C)n4)CC3)n2)cc1. The first-order chi connectivity index (χ1) is 14.3. The van der Waals surface area contributed by atoms with Gasteiger partial charge in [0.15, 0.2) is 0 Å². The van der Waals surface area contributed by atoms with Crippen LogP contribution in [0.5, 0.6) is 0 Å². The van der Waals surface area contributed by atoms with E-state index in [4.69, 9.17) is 9.51 Å². The third-order valence-corrected chi connectivity index (χ3v) is 5.61. The van der Waals surface area contributed by atoms with Crippen molar-refractivity contribution in [3.63, 3.8) is 0 Å². The number of anilines is 1. The molecule has 0 saturated carbocycles. The minimum absolute atomic E-state index is 0.0561. The van der Waals surface area contributed by atoms with Crippen LogP contribution < -0.4 is 4.90 Å². The van der Waals surface area contributed by atoms with E-state index in [-0.39, 0.29) is 11.5 Å². The average Bonchev–Trinajstić information content (AvgIpc) is 3.24. The summed E-state index contributed by atoms with van der Waals surface area (Å²) in [6.45, 7) is 14.3. The lowest BCUT2D eigenvalue weighted by Gasteiger charge is -2.37. The molecule has 3 heterocycles. The molecule has 1 aromatic carbocycles. The van der Waals surface area contributed by atoms with E-state index in [9.17, 15) is 0 Å². The number of nitrogens with zero attached hydrogens (tertiary/aromatic N) is 6. The summed E-state index contributed by atoms with van der Waals surface area (Å²) in [6.07, 6.45) is 1.86. The molecular weight excluding hydrogens is 376 g/mol. The van der Waals surface area contributed by atoms with E-state index in [1.54, 1.807) is 0 Å². The number of rotatable bonds is 4. The molecular formula is C23H30N6O. The Bertz CT molecular complexity index is 983. The first kappa shape index (κ1) is 20.5. The summed E-state index contributed by atoms with van der Waals surface area (Å²) in [5, 5.41) is 4.19. The van der Waals surface area contributed by atoms with Crippen molar-refractivity contribution in [2.24, 2.45) is 0 Å². The summed E-state index contributed by atoms with van der Waals surface area (Å²) in [5.41, 5.74) is 2.14. The van der Waals surface area contributed by atoms with Gasteiger partial charge in [-0.1, -0.05) is 55.8 Å². The lowest BCUT2D eigenvalue weighted by molar-refractivity contribution is 0.164. The van der Waals surface area contributed by atoms with E-state index in [2.05, 4.69) is 71.7 Å². The van der Waals surface area contributed by atoms with Gasteiger partial charge in [-0.25, -0.2) is 9.97 Å². The first-order valence-electron chi connectivity index (χ1n) is 10.5. The van der Waals surface area contributed by atoms with Gasteiger partial charge in [0.25, 0.3) is 0 Å². The van der Waals surface area contributed by atoms with Gasteiger partial charge in [-0.3, -0.25) is 4.90 Å². The molecule has 2 aromatic heterocycles. The van der Waals surface area contributed by atoms with Gasteiger partial charge < -0.3 is 9.42 Å². The molecule has 1 aliphatic rings. The topological polar surface area (TPSA) is 71.2 Å². The lowest BCUT2D eigenvalue weighted by atomic mass is 9.96.